The minimum absolute atomic E-state index is 0.140. The number of rotatable bonds is 1. The van der Waals surface area contributed by atoms with Crippen molar-refractivity contribution in [2.24, 2.45) is 11.3 Å². The maximum atomic E-state index is 11.6. The van der Waals surface area contributed by atoms with Gasteiger partial charge in [0.25, 0.3) is 0 Å². The summed E-state index contributed by atoms with van der Waals surface area (Å²) in [6.07, 6.45) is 2.08. The summed E-state index contributed by atoms with van der Waals surface area (Å²) in [4.78, 5) is 23.1. The Morgan fingerprint density at radius 3 is 2.80 bits per heavy atom. The van der Waals surface area contributed by atoms with Crippen LogP contribution in [-0.4, -0.2) is 18.9 Å². The van der Waals surface area contributed by atoms with Crippen LogP contribution in [-0.2, 0) is 14.3 Å². The topological polar surface area (TPSA) is 43.4 Å². The Bertz CT molecular complexity index is 367. The van der Waals surface area contributed by atoms with Crippen molar-refractivity contribution >= 4 is 11.8 Å². The summed E-state index contributed by atoms with van der Waals surface area (Å²) in [5, 5.41) is 0. The number of ketones is 1. The lowest BCUT2D eigenvalue weighted by Crippen LogP contribution is -2.49. The van der Waals surface area contributed by atoms with Gasteiger partial charge in [-0.25, -0.2) is 0 Å². The van der Waals surface area contributed by atoms with E-state index in [1.807, 2.05) is 13.8 Å². The van der Waals surface area contributed by atoms with Crippen LogP contribution in [0.15, 0.2) is 11.1 Å². The average Bonchev–Trinajstić information content (AvgIpc) is 2.21. The predicted octanol–water partition coefficient (Wildman–Crippen LogP) is 1.86. The molecule has 2 aliphatic carbocycles. The zero-order valence-corrected chi connectivity index (χ0v) is 9.42. The van der Waals surface area contributed by atoms with E-state index in [0.29, 0.717) is 12.8 Å². The van der Waals surface area contributed by atoms with E-state index in [1.54, 1.807) is 0 Å². The second-order valence-corrected chi connectivity index (χ2v) is 4.75. The van der Waals surface area contributed by atoms with Gasteiger partial charge < -0.3 is 4.74 Å². The van der Waals surface area contributed by atoms with Crippen molar-refractivity contribution in [1.82, 2.24) is 0 Å². The highest BCUT2D eigenvalue weighted by Crippen LogP contribution is 2.56. The second-order valence-electron chi connectivity index (χ2n) is 4.75. The van der Waals surface area contributed by atoms with E-state index in [-0.39, 0.29) is 23.1 Å². The highest BCUT2D eigenvalue weighted by molar-refractivity contribution is 5.98. The lowest BCUT2D eigenvalue weighted by Gasteiger charge is -2.49. The van der Waals surface area contributed by atoms with Crippen LogP contribution in [0, 0.1) is 11.3 Å². The van der Waals surface area contributed by atoms with Crippen LogP contribution < -0.4 is 0 Å². The van der Waals surface area contributed by atoms with E-state index < -0.39 is 0 Å². The summed E-state index contributed by atoms with van der Waals surface area (Å²) in [5.74, 6) is 0.342. The van der Waals surface area contributed by atoms with Gasteiger partial charge in [0.2, 0.25) is 0 Å². The minimum atomic E-state index is -0.383. The molecule has 2 atom stereocenters. The number of ether oxygens (including phenoxy) is 1. The second kappa shape index (κ2) is 3.19. The Balaban J connectivity index is 2.28. The molecule has 0 heterocycles. The zero-order chi connectivity index (χ0) is 11.2. The van der Waals surface area contributed by atoms with Crippen LogP contribution in [0.5, 0.6) is 0 Å². The first-order chi connectivity index (χ1) is 7.00. The quantitative estimate of drug-likeness (QED) is 0.618. The molecule has 3 heteroatoms. The Labute approximate surface area is 89.5 Å². The Morgan fingerprint density at radius 1 is 1.53 bits per heavy atom. The van der Waals surface area contributed by atoms with Crippen LogP contribution in [0.1, 0.15) is 33.1 Å². The molecule has 0 N–H and O–H groups in total. The van der Waals surface area contributed by atoms with Gasteiger partial charge in [-0.05, 0) is 38.2 Å². The fourth-order valence-electron chi connectivity index (χ4n) is 2.87. The fourth-order valence-corrected chi connectivity index (χ4v) is 2.87. The number of hydrogen-bond acceptors (Lipinski definition) is 3. The number of allylic oxidation sites excluding steroid dienone is 2. The highest BCUT2D eigenvalue weighted by atomic mass is 16.5. The normalized spacial score (nSPS) is 34.6. The number of hydrogen-bond donors (Lipinski definition) is 0. The molecule has 82 valence electrons. The van der Waals surface area contributed by atoms with Crippen molar-refractivity contribution in [2.45, 2.75) is 33.1 Å². The van der Waals surface area contributed by atoms with Crippen molar-refractivity contribution in [3.8, 4) is 0 Å². The lowest BCUT2D eigenvalue weighted by atomic mass is 9.53. The van der Waals surface area contributed by atoms with Crippen molar-refractivity contribution < 1.29 is 14.3 Å². The molecular weight excluding hydrogens is 192 g/mol. The molecule has 0 spiro atoms. The number of carbonyl (C=O) groups excluding carboxylic acids is 2. The van der Waals surface area contributed by atoms with Gasteiger partial charge in [0.05, 0.1) is 12.5 Å². The van der Waals surface area contributed by atoms with Crippen molar-refractivity contribution in [3.05, 3.63) is 11.1 Å². The van der Waals surface area contributed by atoms with Gasteiger partial charge in [0.1, 0.15) is 0 Å². The van der Waals surface area contributed by atoms with E-state index in [0.717, 1.165) is 12.0 Å². The molecule has 0 aromatic carbocycles. The van der Waals surface area contributed by atoms with Crippen molar-refractivity contribution in [2.75, 3.05) is 7.11 Å². The Morgan fingerprint density at radius 2 is 2.20 bits per heavy atom. The largest absolute Gasteiger partial charge is 0.469 e. The molecule has 2 aliphatic rings. The third kappa shape index (κ3) is 1.25. The first kappa shape index (κ1) is 10.4. The first-order valence-corrected chi connectivity index (χ1v) is 5.32. The standard InChI is InChI=1S/C12H16O3/c1-7-8-6-12(2,11(14)15-3)9(8)4-5-10(7)13/h9H,4-6H2,1-3H3/t9-,12-/m0/s1. The molecular formula is C12H16O3. The molecule has 0 radical (unpaired) electrons. The molecule has 2 rings (SSSR count). The third-order valence-electron chi connectivity index (χ3n) is 3.96. The first-order valence-electron chi connectivity index (χ1n) is 5.32. The van der Waals surface area contributed by atoms with Gasteiger partial charge in [-0.2, -0.15) is 0 Å². The van der Waals surface area contributed by atoms with Crippen molar-refractivity contribution in [3.63, 3.8) is 0 Å². The molecule has 0 aromatic heterocycles. The lowest BCUT2D eigenvalue weighted by molar-refractivity contribution is -0.159. The van der Waals surface area contributed by atoms with E-state index in [9.17, 15) is 9.59 Å². The van der Waals surface area contributed by atoms with E-state index in [4.69, 9.17) is 4.74 Å². The van der Waals surface area contributed by atoms with Gasteiger partial charge in [-0.3, -0.25) is 9.59 Å². The highest BCUT2D eigenvalue weighted by Gasteiger charge is 2.55. The summed E-state index contributed by atoms with van der Waals surface area (Å²) in [5.41, 5.74) is 1.68. The average molecular weight is 208 g/mol. The van der Waals surface area contributed by atoms with Gasteiger partial charge in [-0.15, -0.1) is 0 Å². The summed E-state index contributed by atoms with van der Waals surface area (Å²) in [7, 11) is 1.43. The van der Waals surface area contributed by atoms with Gasteiger partial charge in [0, 0.05) is 6.42 Å². The molecule has 0 aromatic rings. The number of methoxy groups -OCH3 is 1. The van der Waals surface area contributed by atoms with Crippen molar-refractivity contribution in [1.29, 1.82) is 0 Å². The van der Waals surface area contributed by atoms with Crippen LogP contribution in [0.25, 0.3) is 0 Å². The van der Waals surface area contributed by atoms with Crippen LogP contribution in [0.4, 0.5) is 0 Å². The van der Waals surface area contributed by atoms with Crippen LogP contribution in [0.2, 0.25) is 0 Å². The molecule has 0 amide bonds. The number of carbonyl (C=O) groups is 2. The summed E-state index contributed by atoms with van der Waals surface area (Å²) in [6, 6.07) is 0. The molecule has 0 bridgehead atoms. The smallest absolute Gasteiger partial charge is 0.312 e. The molecule has 0 aliphatic heterocycles. The SMILES string of the molecule is COC(=O)[C@@]1(C)CC2=C(C)C(=O)CC[C@@H]21. The van der Waals surface area contributed by atoms with Crippen LogP contribution in [0.3, 0.4) is 0 Å². The van der Waals surface area contributed by atoms with Gasteiger partial charge in [0.15, 0.2) is 5.78 Å². The predicted molar refractivity (Wildman–Crippen MR) is 55.2 cm³/mol. The van der Waals surface area contributed by atoms with E-state index in [1.165, 1.54) is 12.7 Å². The van der Waals surface area contributed by atoms with E-state index >= 15 is 0 Å². The summed E-state index contributed by atoms with van der Waals surface area (Å²) >= 11 is 0. The minimum Gasteiger partial charge on any atom is -0.469 e. The molecule has 1 fully saturated rings. The van der Waals surface area contributed by atoms with E-state index in [2.05, 4.69) is 0 Å². The monoisotopic (exact) mass is 208 g/mol. The molecule has 0 unspecified atom stereocenters. The Hall–Kier alpha value is -1.12. The van der Waals surface area contributed by atoms with Gasteiger partial charge >= 0.3 is 5.97 Å². The number of fused-ring (bicyclic) bond motifs is 1. The summed E-state index contributed by atoms with van der Waals surface area (Å²) < 4.78 is 4.82. The van der Waals surface area contributed by atoms with Crippen LogP contribution >= 0.6 is 0 Å². The molecule has 0 saturated heterocycles. The third-order valence-corrected chi connectivity index (χ3v) is 3.96. The maximum Gasteiger partial charge on any atom is 0.312 e. The Kier molecular flexibility index (Phi) is 2.21. The number of esters is 1. The summed E-state index contributed by atoms with van der Waals surface area (Å²) in [6.45, 7) is 3.82. The number of Topliss-reactive ketones (excluding diaryl/α,β-unsaturated/α-hetero) is 1. The molecule has 15 heavy (non-hydrogen) atoms. The molecule has 3 nitrogen and oxygen atoms in total. The fraction of sp³-hybridized carbons (Fsp3) is 0.667. The zero-order valence-electron chi connectivity index (χ0n) is 9.42. The van der Waals surface area contributed by atoms with Gasteiger partial charge in [-0.1, -0.05) is 5.57 Å². The molecule has 1 saturated carbocycles. The maximum absolute atomic E-state index is 11.6.